The molecule has 4 N–H and O–H groups in total. The number of benzene rings is 2. The van der Waals surface area contributed by atoms with Gasteiger partial charge in [-0.3, -0.25) is 10.1 Å². The fourth-order valence-electron chi connectivity index (χ4n) is 5.08. The maximum Gasteiger partial charge on any atom is 0.407 e. The Morgan fingerprint density at radius 1 is 0.773 bits per heavy atom. The van der Waals surface area contributed by atoms with E-state index in [0.29, 0.717) is 6.54 Å². The van der Waals surface area contributed by atoms with Crippen molar-refractivity contribution in [2.45, 2.75) is 90.5 Å². The number of nitro benzene ring substituents is 1. The zero-order valence-electron chi connectivity index (χ0n) is 26.8. The van der Waals surface area contributed by atoms with Crippen LogP contribution in [0.25, 0.3) is 0 Å². The van der Waals surface area contributed by atoms with Crippen LogP contribution in [0.3, 0.4) is 0 Å². The van der Waals surface area contributed by atoms with Gasteiger partial charge in [-0.2, -0.15) is 0 Å². The van der Waals surface area contributed by atoms with Crippen molar-refractivity contribution in [3.05, 3.63) is 58.6 Å². The molecule has 0 aromatic heterocycles. The van der Waals surface area contributed by atoms with Crippen molar-refractivity contribution in [1.29, 1.82) is 0 Å². The lowest BCUT2D eigenvalue weighted by Crippen LogP contribution is -2.49. The number of nitro groups is 1. The smallest absolute Gasteiger partial charge is 0.407 e. The van der Waals surface area contributed by atoms with E-state index in [-0.39, 0.29) is 23.9 Å². The van der Waals surface area contributed by atoms with Gasteiger partial charge in [0.05, 0.1) is 4.92 Å². The van der Waals surface area contributed by atoms with Crippen LogP contribution >= 0.6 is 0 Å². The minimum absolute atomic E-state index is 0.00814. The normalized spacial score (nSPS) is 18.8. The van der Waals surface area contributed by atoms with Gasteiger partial charge in [0.2, 0.25) is 0 Å². The zero-order valence-corrected chi connectivity index (χ0v) is 26.8. The molecule has 0 spiro atoms. The molecule has 4 rings (SSSR count). The summed E-state index contributed by atoms with van der Waals surface area (Å²) >= 11 is 0. The molecule has 2 atom stereocenters. The summed E-state index contributed by atoms with van der Waals surface area (Å²) in [6, 6.07) is 14.5. The number of rotatable bonds is 5. The van der Waals surface area contributed by atoms with Crippen LogP contribution in [0.4, 0.5) is 32.3 Å². The van der Waals surface area contributed by atoms with Crippen LogP contribution < -0.4 is 26.2 Å². The number of nitrogen functional groups attached to an aromatic ring is 1. The van der Waals surface area contributed by atoms with Crippen molar-refractivity contribution in [1.82, 2.24) is 10.6 Å². The van der Waals surface area contributed by atoms with Crippen LogP contribution in [0.2, 0.25) is 0 Å². The number of ether oxygens (including phenoxy) is 2. The van der Waals surface area contributed by atoms with E-state index < -0.39 is 22.2 Å². The third kappa shape index (κ3) is 11.8. The zero-order chi connectivity index (χ0) is 32.5. The van der Waals surface area contributed by atoms with E-state index >= 15 is 0 Å². The molecule has 2 saturated heterocycles. The molecule has 242 valence electrons. The molecule has 2 aliphatic heterocycles. The van der Waals surface area contributed by atoms with Gasteiger partial charge in [-0.15, -0.1) is 0 Å². The molecule has 2 aliphatic rings. The lowest BCUT2D eigenvalue weighted by molar-refractivity contribution is -0.384. The minimum atomic E-state index is -0.517. The van der Waals surface area contributed by atoms with Crippen LogP contribution in [0, 0.1) is 10.1 Å². The Bertz CT molecular complexity index is 1240. The Morgan fingerprint density at radius 3 is 1.52 bits per heavy atom. The van der Waals surface area contributed by atoms with Gasteiger partial charge in [0.25, 0.3) is 5.69 Å². The molecule has 12 nitrogen and oxygen atoms in total. The van der Waals surface area contributed by atoms with E-state index in [2.05, 4.69) is 20.4 Å². The van der Waals surface area contributed by atoms with E-state index in [1.54, 1.807) is 12.1 Å². The number of hydrogen-bond acceptors (Lipinski definition) is 9. The number of nitrogens with two attached hydrogens (primary N) is 1. The second-order valence-corrected chi connectivity index (χ2v) is 13.2. The predicted octanol–water partition coefficient (Wildman–Crippen LogP) is 5.85. The highest BCUT2D eigenvalue weighted by Crippen LogP contribution is 2.24. The van der Waals surface area contributed by atoms with Gasteiger partial charge in [-0.05, 0) is 104 Å². The first-order valence-electron chi connectivity index (χ1n) is 15.2. The summed E-state index contributed by atoms with van der Waals surface area (Å²) in [5.41, 5.74) is 7.64. The maximum atomic E-state index is 11.9. The first-order chi connectivity index (χ1) is 20.6. The number of carbonyl (C=O) groups is 2. The van der Waals surface area contributed by atoms with Crippen LogP contribution in [-0.2, 0) is 9.47 Å². The number of nitrogens with one attached hydrogen (secondary N) is 2. The SMILES string of the molecule is CC(C)(C)OC(=O)NC1CCCN(c2ccc(N)cc2)C1.CC(C)(C)OC(=O)NC1CCCN(c2ccc([N+](=O)[O-])cc2)C1. The van der Waals surface area contributed by atoms with E-state index in [1.807, 2.05) is 65.8 Å². The summed E-state index contributed by atoms with van der Waals surface area (Å²) in [5, 5.41) is 16.6. The number of anilines is 3. The van der Waals surface area contributed by atoms with E-state index in [1.165, 1.54) is 12.1 Å². The average Bonchev–Trinajstić information content (AvgIpc) is 2.92. The molecular weight excluding hydrogens is 564 g/mol. The number of amides is 2. The summed E-state index contributed by atoms with van der Waals surface area (Å²) in [7, 11) is 0. The fourth-order valence-corrected chi connectivity index (χ4v) is 5.08. The van der Waals surface area contributed by atoms with Gasteiger partial charge in [0.1, 0.15) is 11.2 Å². The highest BCUT2D eigenvalue weighted by molar-refractivity contribution is 5.69. The van der Waals surface area contributed by atoms with Gasteiger partial charge in [0.15, 0.2) is 0 Å². The molecule has 2 heterocycles. The van der Waals surface area contributed by atoms with Crippen molar-refractivity contribution in [3.63, 3.8) is 0 Å². The van der Waals surface area contributed by atoms with Crippen LogP contribution in [0.15, 0.2) is 48.5 Å². The summed E-state index contributed by atoms with van der Waals surface area (Å²) in [6.07, 6.45) is 3.11. The van der Waals surface area contributed by atoms with Crippen molar-refractivity contribution in [3.8, 4) is 0 Å². The molecule has 0 bridgehead atoms. The Kier molecular flexibility index (Phi) is 11.7. The fraction of sp³-hybridized carbons (Fsp3) is 0.562. The van der Waals surface area contributed by atoms with Gasteiger partial charge >= 0.3 is 12.2 Å². The molecule has 2 fully saturated rings. The Labute approximate surface area is 260 Å². The third-order valence-electron chi connectivity index (χ3n) is 6.97. The molecule has 2 unspecified atom stereocenters. The summed E-state index contributed by atoms with van der Waals surface area (Å²) in [6.45, 7) is 14.4. The lowest BCUT2D eigenvalue weighted by atomic mass is 10.0. The number of carbonyl (C=O) groups excluding carboxylic acids is 2. The summed E-state index contributed by atoms with van der Waals surface area (Å²) < 4.78 is 10.6. The highest BCUT2D eigenvalue weighted by atomic mass is 16.6. The molecule has 0 radical (unpaired) electrons. The molecular formula is C32H48N6O6. The van der Waals surface area contributed by atoms with Gasteiger partial charge in [-0.1, -0.05) is 0 Å². The van der Waals surface area contributed by atoms with Gasteiger partial charge in [-0.25, -0.2) is 9.59 Å². The number of alkyl carbamates (subject to hydrolysis) is 2. The molecule has 2 aromatic rings. The van der Waals surface area contributed by atoms with Gasteiger partial charge in [0, 0.05) is 67.5 Å². The van der Waals surface area contributed by atoms with E-state index in [9.17, 15) is 19.7 Å². The largest absolute Gasteiger partial charge is 0.444 e. The van der Waals surface area contributed by atoms with Crippen molar-refractivity contribution in [2.75, 3.05) is 41.7 Å². The third-order valence-corrected chi connectivity index (χ3v) is 6.97. The van der Waals surface area contributed by atoms with Crippen molar-refractivity contribution in [2.24, 2.45) is 0 Å². The molecule has 12 heteroatoms. The second kappa shape index (κ2) is 15.0. The van der Waals surface area contributed by atoms with Crippen molar-refractivity contribution >= 4 is 34.9 Å². The number of piperidine rings is 2. The average molecular weight is 613 g/mol. The Balaban J connectivity index is 0.000000241. The van der Waals surface area contributed by atoms with Crippen LogP contribution in [-0.4, -0.2) is 66.6 Å². The highest BCUT2D eigenvalue weighted by Gasteiger charge is 2.26. The monoisotopic (exact) mass is 612 g/mol. The maximum absolute atomic E-state index is 11.9. The van der Waals surface area contributed by atoms with E-state index in [4.69, 9.17) is 15.2 Å². The number of hydrogen-bond donors (Lipinski definition) is 3. The summed E-state index contributed by atoms with van der Waals surface area (Å²) in [5.74, 6) is 0. The molecule has 2 amide bonds. The number of nitrogens with zero attached hydrogens (tertiary/aromatic N) is 3. The minimum Gasteiger partial charge on any atom is -0.444 e. The Morgan fingerprint density at radius 2 is 1.16 bits per heavy atom. The van der Waals surface area contributed by atoms with Crippen LogP contribution in [0.5, 0.6) is 0 Å². The van der Waals surface area contributed by atoms with Crippen molar-refractivity contribution < 1.29 is 24.0 Å². The lowest BCUT2D eigenvalue weighted by Gasteiger charge is -2.35. The molecule has 0 aliphatic carbocycles. The summed E-state index contributed by atoms with van der Waals surface area (Å²) in [4.78, 5) is 38.4. The Hall–Kier alpha value is -4.22. The van der Waals surface area contributed by atoms with E-state index in [0.717, 1.165) is 62.4 Å². The quantitative estimate of drug-likeness (QED) is 0.214. The topological polar surface area (TPSA) is 152 Å². The predicted molar refractivity (Wildman–Crippen MR) is 173 cm³/mol. The standard InChI is InChI=1S/C16H23N3O4.C16H25N3O2/c1-16(2,3)23-15(20)17-12-5-4-10-18(11-12)13-6-8-14(9-7-13)19(21)22;1-16(2,3)21-15(20)18-13-5-4-10-19(11-13)14-8-6-12(17)7-9-14/h6-9,12H,4-5,10-11H2,1-3H3,(H,17,20);6-9,13H,4-5,10-11,17H2,1-3H3,(H,18,20). The molecule has 2 aromatic carbocycles. The first kappa shape index (κ1) is 34.3. The first-order valence-corrected chi connectivity index (χ1v) is 15.2. The molecule has 44 heavy (non-hydrogen) atoms. The van der Waals surface area contributed by atoms with Crippen LogP contribution in [0.1, 0.15) is 67.2 Å². The number of non-ortho nitro benzene ring substituents is 1. The molecule has 0 saturated carbocycles. The van der Waals surface area contributed by atoms with Gasteiger partial charge < -0.3 is 35.6 Å². The second-order valence-electron chi connectivity index (χ2n) is 13.2.